The molecule has 0 aromatic heterocycles. The van der Waals surface area contributed by atoms with E-state index in [0.29, 0.717) is 6.54 Å². The van der Waals surface area contributed by atoms with Crippen LogP contribution in [-0.4, -0.2) is 29.1 Å². The predicted molar refractivity (Wildman–Crippen MR) is 66.9 cm³/mol. The molecule has 1 aromatic carbocycles. The van der Waals surface area contributed by atoms with Gasteiger partial charge in [-0.3, -0.25) is 9.69 Å². The first-order valence-electron chi connectivity index (χ1n) is 6.07. The Bertz CT molecular complexity index is 428. The summed E-state index contributed by atoms with van der Waals surface area (Å²) in [6, 6.07) is 6.45. The average molecular weight is 233 g/mol. The molecule has 1 aromatic rings. The molecule has 1 heterocycles. The van der Waals surface area contributed by atoms with E-state index in [2.05, 4.69) is 36.9 Å². The van der Waals surface area contributed by atoms with Crippen molar-refractivity contribution in [1.29, 1.82) is 0 Å². The number of nitrogens with zero attached hydrogens (tertiary/aromatic N) is 1. The summed E-state index contributed by atoms with van der Waals surface area (Å²) in [5.74, 6) is -0.839. The van der Waals surface area contributed by atoms with Gasteiger partial charge in [-0.25, -0.2) is 0 Å². The first-order chi connectivity index (χ1) is 8.06. The summed E-state index contributed by atoms with van der Waals surface area (Å²) in [6.45, 7) is 6.66. The van der Waals surface area contributed by atoms with E-state index in [0.717, 1.165) is 19.5 Å². The van der Waals surface area contributed by atoms with Crippen molar-refractivity contribution in [1.82, 2.24) is 4.90 Å². The molecular formula is C14H19NO2. The Morgan fingerprint density at radius 3 is 2.82 bits per heavy atom. The van der Waals surface area contributed by atoms with Crippen molar-refractivity contribution >= 4 is 5.97 Å². The monoisotopic (exact) mass is 233 g/mol. The van der Waals surface area contributed by atoms with Crippen molar-refractivity contribution in [3.8, 4) is 0 Å². The molecule has 0 saturated carbocycles. The minimum atomic E-state index is -0.659. The summed E-state index contributed by atoms with van der Waals surface area (Å²) in [5.41, 5.74) is 3.88. The number of aliphatic carboxylic acids is 1. The summed E-state index contributed by atoms with van der Waals surface area (Å²) in [5, 5.41) is 8.96. The van der Waals surface area contributed by atoms with Gasteiger partial charge in [-0.2, -0.15) is 0 Å². The number of hydrogen-bond donors (Lipinski definition) is 1. The van der Waals surface area contributed by atoms with Gasteiger partial charge in [0, 0.05) is 13.1 Å². The van der Waals surface area contributed by atoms with Crippen molar-refractivity contribution in [3.63, 3.8) is 0 Å². The van der Waals surface area contributed by atoms with E-state index >= 15 is 0 Å². The fraction of sp³-hybridized carbons (Fsp3) is 0.500. The van der Waals surface area contributed by atoms with Crippen molar-refractivity contribution in [2.24, 2.45) is 5.92 Å². The minimum Gasteiger partial charge on any atom is -0.481 e. The highest BCUT2D eigenvalue weighted by Gasteiger charge is 2.27. The molecule has 0 spiro atoms. The van der Waals surface area contributed by atoms with E-state index in [-0.39, 0.29) is 5.92 Å². The molecule has 1 atom stereocenters. The zero-order chi connectivity index (χ0) is 12.4. The Morgan fingerprint density at radius 1 is 1.47 bits per heavy atom. The highest BCUT2D eigenvalue weighted by Crippen LogP contribution is 2.20. The molecule has 3 heteroatoms. The Labute approximate surface area is 102 Å². The van der Waals surface area contributed by atoms with Gasteiger partial charge in [-0.05, 0) is 37.9 Å². The quantitative estimate of drug-likeness (QED) is 0.870. The third-order valence-corrected chi connectivity index (χ3v) is 3.51. The van der Waals surface area contributed by atoms with E-state index in [1.54, 1.807) is 0 Å². The molecule has 0 amide bonds. The number of carbonyl (C=O) groups is 1. The van der Waals surface area contributed by atoms with Crippen LogP contribution in [0.5, 0.6) is 0 Å². The average Bonchev–Trinajstić information content (AvgIpc) is 2.71. The lowest BCUT2D eigenvalue weighted by Crippen LogP contribution is -2.23. The van der Waals surface area contributed by atoms with Crippen molar-refractivity contribution in [3.05, 3.63) is 34.9 Å². The fourth-order valence-corrected chi connectivity index (χ4v) is 2.44. The van der Waals surface area contributed by atoms with E-state index in [1.165, 1.54) is 16.7 Å². The Morgan fingerprint density at radius 2 is 2.24 bits per heavy atom. The van der Waals surface area contributed by atoms with Crippen LogP contribution in [-0.2, 0) is 11.3 Å². The van der Waals surface area contributed by atoms with Gasteiger partial charge in [-0.1, -0.05) is 23.8 Å². The van der Waals surface area contributed by atoms with Crippen LogP contribution in [0, 0.1) is 19.8 Å². The zero-order valence-electron chi connectivity index (χ0n) is 10.4. The molecule has 17 heavy (non-hydrogen) atoms. The van der Waals surface area contributed by atoms with E-state index in [4.69, 9.17) is 5.11 Å². The van der Waals surface area contributed by atoms with Crippen molar-refractivity contribution in [2.75, 3.05) is 13.1 Å². The molecule has 2 rings (SSSR count). The molecule has 0 unspecified atom stereocenters. The summed E-state index contributed by atoms with van der Waals surface area (Å²) in [7, 11) is 0. The lowest BCUT2D eigenvalue weighted by Gasteiger charge is -2.17. The molecule has 0 aliphatic carbocycles. The molecule has 1 saturated heterocycles. The summed E-state index contributed by atoms with van der Waals surface area (Å²) < 4.78 is 0. The number of carboxylic acids is 1. The topological polar surface area (TPSA) is 40.5 Å². The van der Waals surface area contributed by atoms with Gasteiger partial charge in [-0.15, -0.1) is 0 Å². The van der Waals surface area contributed by atoms with Crippen LogP contribution in [0.3, 0.4) is 0 Å². The number of rotatable bonds is 3. The van der Waals surface area contributed by atoms with Gasteiger partial charge in [0.2, 0.25) is 0 Å². The molecule has 1 aliphatic rings. The van der Waals surface area contributed by atoms with Crippen LogP contribution in [0.4, 0.5) is 0 Å². The molecule has 3 nitrogen and oxygen atoms in total. The minimum absolute atomic E-state index is 0.180. The predicted octanol–water partition coefficient (Wildman–Crippen LogP) is 2.21. The van der Waals surface area contributed by atoms with Crippen LogP contribution in [0.15, 0.2) is 18.2 Å². The van der Waals surface area contributed by atoms with Gasteiger partial charge in [0.15, 0.2) is 0 Å². The Kier molecular flexibility index (Phi) is 3.48. The Balaban J connectivity index is 2.00. The SMILES string of the molecule is Cc1ccc(CN2CC[C@@H](C(=O)O)C2)c(C)c1. The van der Waals surface area contributed by atoms with E-state index in [9.17, 15) is 4.79 Å². The van der Waals surface area contributed by atoms with Gasteiger partial charge in [0.1, 0.15) is 0 Å². The molecule has 1 fully saturated rings. The van der Waals surface area contributed by atoms with Gasteiger partial charge in [0.05, 0.1) is 5.92 Å². The van der Waals surface area contributed by atoms with Crippen LogP contribution in [0.25, 0.3) is 0 Å². The smallest absolute Gasteiger partial charge is 0.307 e. The number of hydrogen-bond acceptors (Lipinski definition) is 2. The molecule has 0 bridgehead atoms. The molecule has 1 N–H and O–H groups in total. The van der Waals surface area contributed by atoms with E-state index < -0.39 is 5.97 Å². The third kappa shape index (κ3) is 2.86. The van der Waals surface area contributed by atoms with E-state index in [1.807, 2.05) is 0 Å². The second kappa shape index (κ2) is 4.88. The number of aryl methyl sites for hydroxylation is 2. The zero-order valence-corrected chi connectivity index (χ0v) is 10.4. The summed E-state index contributed by atoms with van der Waals surface area (Å²) in [6.07, 6.45) is 0.778. The largest absolute Gasteiger partial charge is 0.481 e. The van der Waals surface area contributed by atoms with Crippen LogP contribution in [0.2, 0.25) is 0 Å². The lowest BCUT2D eigenvalue weighted by atomic mass is 10.1. The highest BCUT2D eigenvalue weighted by atomic mass is 16.4. The standard InChI is InChI=1S/C14H19NO2/c1-10-3-4-12(11(2)7-10)8-15-6-5-13(9-15)14(16)17/h3-4,7,13H,5-6,8-9H2,1-2H3,(H,16,17)/t13-/m1/s1. The Hall–Kier alpha value is -1.35. The maximum atomic E-state index is 10.9. The van der Waals surface area contributed by atoms with Crippen molar-refractivity contribution < 1.29 is 9.90 Å². The van der Waals surface area contributed by atoms with Crippen LogP contribution in [0.1, 0.15) is 23.1 Å². The first kappa shape index (κ1) is 12.1. The number of carboxylic acid groups (broad SMARTS) is 1. The number of benzene rings is 1. The molecule has 92 valence electrons. The van der Waals surface area contributed by atoms with Gasteiger partial charge < -0.3 is 5.11 Å². The fourth-order valence-electron chi connectivity index (χ4n) is 2.44. The van der Waals surface area contributed by atoms with Crippen LogP contribution < -0.4 is 0 Å². The highest BCUT2D eigenvalue weighted by molar-refractivity contribution is 5.70. The molecule has 1 aliphatic heterocycles. The summed E-state index contributed by atoms with van der Waals surface area (Å²) in [4.78, 5) is 13.1. The normalized spacial score (nSPS) is 20.7. The summed E-state index contributed by atoms with van der Waals surface area (Å²) >= 11 is 0. The van der Waals surface area contributed by atoms with Crippen molar-refractivity contribution in [2.45, 2.75) is 26.8 Å². The van der Waals surface area contributed by atoms with Gasteiger partial charge >= 0.3 is 5.97 Å². The first-order valence-corrected chi connectivity index (χ1v) is 6.07. The second-order valence-corrected chi connectivity index (χ2v) is 4.99. The maximum Gasteiger partial charge on any atom is 0.307 e. The van der Waals surface area contributed by atoms with Crippen LogP contribution >= 0.6 is 0 Å². The maximum absolute atomic E-state index is 10.9. The number of likely N-dealkylation sites (tertiary alicyclic amines) is 1. The molecule has 0 radical (unpaired) electrons. The molecular weight excluding hydrogens is 214 g/mol. The second-order valence-electron chi connectivity index (χ2n) is 4.99. The lowest BCUT2D eigenvalue weighted by molar-refractivity contribution is -0.141. The third-order valence-electron chi connectivity index (χ3n) is 3.51. The van der Waals surface area contributed by atoms with Gasteiger partial charge in [0.25, 0.3) is 0 Å².